The van der Waals surface area contributed by atoms with Crippen LogP contribution in [0.4, 0.5) is 0 Å². The molecule has 3 aromatic rings. The number of nitrogens with zero attached hydrogens (tertiary/aromatic N) is 1. The van der Waals surface area contributed by atoms with Crippen LogP contribution in [0.3, 0.4) is 0 Å². The molecule has 0 saturated carbocycles. The van der Waals surface area contributed by atoms with Crippen LogP contribution in [0.15, 0.2) is 84.9 Å². The number of carbonyl (C=O) groups excluding carboxylic acids is 1. The minimum absolute atomic E-state index is 0.0196. The first-order valence-corrected chi connectivity index (χ1v) is 12.3. The van der Waals surface area contributed by atoms with Crippen molar-refractivity contribution in [3.63, 3.8) is 0 Å². The molecule has 0 radical (unpaired) electrons. The van der Waals surface area contributed by atoms with Gasteiger partial charge in [0.15, 0.2) is 0 Å². The summed E-state index contributed by atoms with van der Waals surface area (Å²) in [6.07, 6.45) is 0. The van der Waals surface area contributed by atoms with Gasteiger partial charge in [-0.3, -0.25) is 4.79 Å². The van der Waals surface area contributed by atoms with Gasteiger partial charge in [0.25, 0.3) is 0 Å². The molecule has 3 aromatic carbocycles. The predicted octanol–water partition coefficient (Wildman–Crippen LogP) is 4.98. The molecule has 0 atom stereocenters. The zero-order chi connectivity index (χ0) is 23.1. The Labute approximate surface area is 190 Å². The van der Waals surface area contributed by atoms with Gasteiger partial charge in [0.05, 0.1) is 11.7 Å². The van der Waals surface area contributed by atoms with E-state index in [1.54, 1.807) is 24.3 Å². The molecular weight excluding hydrogens is 422 g/mol. The number of amides is 1. The summed E-state index contributed by atoms with van der Waals surface area (Å²) in [6, 6.07) is 26.4. The Morgan fingerprint density at radius 3 is 1.78 bits per heavy atom. The summed E-state index contributed by atoms with van der Waals surface area (Å²) in [6.45, 7) is 5.94. The molecule has 0 aliphatic carbocycles. The maximum absolute atomic E-state index is 13.8. The Balaban J connectivity index is 1.87. The van der Waals surface area contributed by atoms with Gasteiger partial charge in [-0.25, -0.2) is 0 Å². The van der Waals surface area contributed by atoms with Crippen LogP contribution in [0.2, 0.25) is 0 Å². The molecule has 0 spiro atoms. The third-order valence-corrected chi connectivity index (χ3v) is 6.43. The van der Waals surface area contributed by atoms with E-state index in [4.69, 9.17) is 4.18 Å². The molecule has 0 saturated heterocycles. The Kier molecular flexibility index (Phi) is 7.70. The van der Waals surface area contributed by atoms with Crippen molar-refractivity contribution in [2.24, 2.45) is 0 Å². The van der Waals surface area contributed by atoms with E-state index in [1.807, 2.05) is 79.4 Å². The van der Waals surface area contributed by atoms with Crippen LogP contribution >= 0.6 is 0 Å². The van der Waals surface area contributed by atoms with Gasteiger partial charge in [-0.1, -0.05) is 72.8 Å². The van der Waals surface area contributed by atoms with Gasteiger partial charge in [0, 0.05) is 12.6 Å². The van der Waals surface area contributed by atoms with Crippen molar-refractivity contribution >= 4 is 16.0 Å². The highest BCUT2D eigenvalue weighted by Crippen LogP contribution is 2.28. The second-order valence-electron chi connectivity index (χ2n) is 7.89. The zero-order valence-corrected chi connectivity index (χ0v) is 19.5. The first-order chi connectivity index (χ1) is 15.3. The summed E-state index contributed by atoms with van der Waals surface area (Å²) in [4.78, 5) is 15.7. The smallest absolute Gasteiger partial charge is 0.308 e. The number of rotatable bonds is 9. The van der Waals surface area contributed by atoms with E-state index >= 15 is 0 Å². The first-order valence-electron chi connectivity index (χ1n) is 10.7. The number of carbonyl (C=O) groups is 1. The lowest BCUT2D eigenvalue weighted by molar-refractivity contribution is -0.134. The lowest BCUT2D eigenvalue weighted by Crippen LogP contribution is -2.40. The van der Waals surface area contributed by atoms with Crippen LogP contribution in [-0.2, 0) is 21.5 Å². The minimum Gasteiger partial charge on any atom is -0.382 e. The van der Waals surface area contributed by atoms with E-state index in [0.717, 1.165) is 16.7 Å². The largest absolute Gasteiger partial charge is 0.382 e. The SMILES string of the molecule is CCS(=O)(=O)Oc1ccc(CN(C(=O)C(c2ccccc2)c2ccccc2)C(C)C)cc1. The number of hydrogen-bond acceptors (Lipinski definition) is 4. The molecule has 0 aliphatic rings. The fourth-order valence-corrected chi connectivity index (χ4v) is 4.02. The molecule has 6 heteroatoms. The van der Waals surface area contributed by atoms with Gasteiger partial charge in [-0.15, -0.1) is 0 Å². The van der Waals surface area contributed by atoms with Crippen molar-refractivity contribution in [3.8, 4) is 5.75 Å². The summed E-state index contributed by atoms with van der Waals surface area (Å²) in [5, 5.41) is 0. The molecule has 1 amide bonds. The summed E-state index contributed by atoms with van der Waals surface area (Å²) in [5.41, 5.74) is 2.79. The summed E-state index contributed by atoms with van der Waals surface area (Å²) < 4.78 is 28.4. The molecule has 32 heavy (non-hydrogen) atoms. The molecule has 0 aromatic heterocycles. The van der Waals surface area contributed by atoms with Crippen LogP contribution in [0.1, 0.15) is 43.4 Å². The maximum Gasteiger partial charge on any atom is 0.308 e. The van der Waals surface area contributed by atoms with Crippen LogP contribution < -0.4 is 4.18 Å². The van der Waals surface area contributed by atoms with E-state index < -0.39 is 16.0 Å². The molecule has 3 rings (SSSR count). The fourth-order valence-electron chi connectivity index (χ4n) is 3.50. The van der Waals surface area contributed by atoms with Crippen molar-refractivity contribution in [3.05, 3.63) is 102 Å². The average molecular weight is 452 g/mol. The van der Waals surface area contributed by atoms with Gasteiger partial charge < -0.3 is 9.08 Å². The maximum atomic E-state index is 13.8. The van der Waals surface area contributed by atoms with E-state index in [-0.39, 0.29) is 23.5 Å². The molecule has 0 unspecified atom stereocenters. The highest BCUT2D eigenvalue weighted by atomic mass is 32.2. The van der Waals surface area contributed by atoms with Crippen LogP contribution in [-0.4, -0.2) is 31.0 Å². The van der Waals surface area contributed by atoms with Crippen molar-refractivity contribution in [2.75, 3.05) is 5.75 Å². The monoisotopic (exact) mass is 451 g/mol. The molecule has 0 N–H and O–H groups in total. The summed E-state index contributed by atoms with van der Waals surface area (Å²) in [7, 11) is -3.57. The topological polar surface area (TPSA) is 63.7 Å². The van der Waals surface area contributed by atoms with Gasteiger partial charge in [0.2, 0.25) is 5.91 Å². The van der Waals surface area contributed by atoms with Crippen LogP contribution in [0.5, 0.6) is 5.75 Å². The lowest BCUT2D eigenvalue weighted by Gasteiger charge is -2.31. The Morgan fingerprint density at radius 1 is 0.844 bits per heavy atom. The van der Waals surface area contributed by atoms with Gasteiger partial charge in [-0.2, -0.15) is 8.42 Å². The highest BCUT2D eigenvalue weighted by molar-refractivity contribution is 7.87. The lowest BCUT2D eigenvalue weighted by atomic mass is 9.89. The van der Waals surface area contributed by atoms with Gasteiger partial charge >= 0.3 is 10.1 Å². The molecule has 168 valence electrons. The van der Waals surface area contributed by atoms with Crippen molar-refractivity contribution in [1.82, 2.24) is 4.90 Å². The number of benzene rings is 3. The Morgan fingerprint density at radius 2 is 1.34 bits per heavy atom. The molecule has 0 aliphatic heterocycles. The summed E-state index contributed by atoms with van der Waals surface area (Å²) >= 11 is 0. The number of hydrogen-bond donors (Lipinski definition) is 0. The van der Waals surface area contributed by atoms with Crippen molar-refractivity contribution in [2.45, 2.75) is 39.3 Å². The standard InChI is InChI=1S/C26H29NO4S/c1-4-32(29,30)31-24-17-15-21(16-18-24)19-27(20(2)3)26(28)25(22-11-7-5-8-12-22)23-13-9-6-10-14-23/h5-18,20,25H,4,19H2,1-3H3. The predicted molar refractivity (Wildman–Crippen MR) is 127 cm³/mol. The normalized spacial score (nSPS) is 11.5. The van der Waals surface area contributed by atoms with E-state index in [2.05, 4.69) is 0 Å². The van der Waals surface area contributed by atoms with Gasteiger partial charge in [0.1, 0.15) is 5.75 Å². The average Bonchev–Trinajstić information content (AvgIpc) is 2.79. The summed E-state index contributed by atoms with van der Waals surface area (Å²) in [5.74, 6) is -0.210. The molecule has 5 nitrogen and oxygen atoms in total. The van der Waals surface area contributed by atoms with Gasteiger partial charge in [-0.05, 0) is 49.6 Å². The quantitative estimate of drug-likeness (QED) is 0.430. The van der Waals surface area contributed by atoms with E-state index in [1.165, 1.54) is 6.92 Å². The highest BCUT2D eigenvalue weighted by Gasteiger charge is 2.29. The fraction of sp³-hybridized carbons (Fsp3) is 0.269. The second-order valence-corrected chi connectivity index (χ2v) is 9.75. The van der Waals surface area contributed by atoms with Crippen LogP contribution in [0, 0.1) is 0 Å². The molecule has 0 heterocycles. The Hall–Kier alpha value is -3.12. The van der Waals surface area contributed by atoms with E-state index in [0.29, 0.717) is 6.54 Å². The van der Waals surface area contributed by atoms with E-state index in [9.17, 15) is 13.2 Å². The van der Waals surface area contributed by atoms with Crippen LogP contribution in [0.25, 0.3) is 0 Å². The van der Waals surface area contributed by atoms with Crippen molar-refractivity contribution < 1.29 is 17.4 Å². The first kappa shape index (κ1) is 23.5. The third kappa shape index (κ3) is 5.98. The van der Waals surface area contributed by atoms with Crippen molar-refractivity contribution in [1.29, 1.82) is 0 Å². The zero-order valence-electron chi connectivity index (χ0n) is 18.6. The Bertz CT molecular complexity index is 1070. The molecular formula is C26H29NO4S. The molecule has 0 bridgehead atoms. The minimum atomic E-state index is -3.57. The third-order valence-electron chi connectivity index (χ3n) is 5.27. The molecule has 0 fully saturated rings. The second kappa shape index (κ2) is 10.5.